The van der Waals surface area contributed by atoms with Crippen molar-refractivity contribution in [2.24, 2.45) is 0 Å². The fraction of sp³-hybridized carbons (Fsp3) is 0.200. The highest BCUT2D eigenvalue weighted by Crippen LogP contribution is 2.40. The van der Waals surface area contributed by atoms with Gasteiger partial charge in [0.1, 0.15) is 5.75 Å². The zero-order valence-electron chi connectivity index (χ0n) is 11.0. The van der Waals surface area contributed by atoms with E-state index in [1.807, 2.05) is 18.2 Å². The molecule has 0 amide bonds. The Kier molecular flexibility index (Phi) is 5.61. The number of phenolic OH excluding ortho intramolecular Hbond substituents is 1. The minimum Gasteiger partial charge on any atom is -0.507 e. The molecule has 2 aromatic carbocycles. The summed E-state index contributed by atoms with van der Waals surface area (Å²) < 4.78 is 3.24. The molecule has 0 atom stereocenters. The van der Waals surface area contributed by atoms with Gasteiger partial charge < -0.3 is 5.11 Å². The Morgan fingerprint density at radius 1 is 1.15 bits per heavy atom. The summed E-state index contributed by atoms with van der Waals surface area (Å²) in [7, 11) is 0. The number of rotatable bonds is 5. The normalized spacial score (nSPS) is 10.8. The van der Waals surface area contributed by atoms with Crippen molar-refractivity contribution >= 4 is 35.1 Å². The predicted octanol–water partition coefficient (Wildman–Crippen LogP) is 5.37. The van der Waals surface area contributed by atoms with Crippen LogP contribution in [0.3, 0.4) is 0 Å². The number of aromatic hydroxyl groups is 1. The Labute approximate surface area is 133 Å². The number of halogens is 2. The standard InChI is InChI=1S/C15H15Cl2NOS/c1-2-8-18-20-10-6-7-11(13(17)9-10)15-12(16)4-3-5-14(15)19/h3-7,9,18-19H,2,8H2,1H3. The second kappa shape index (κ2) is 7.23. The number of nitrogens with one attached hydrogen (secondary N) is 1. The van der Waals surface area contributed by atoms with E-state index in [4.69, 9.17) is 23.2 Å². The van der Waals surface area contributed by atoms with Crippen molar-refractivity contribution in [2.75, 3.05) is 6.54 Å². The number of phenols is 1. The summed E-state index contributed by atoms with van der Waals surface area (Å²) in [6.07, 6.45) is 1.08. The van der Waals surface area contributed by atoms with Crippen LogP contribution >= 0.6 is 35.1 Å². The highest BCUT2D eigenvalue weighted by molar-refractivity contribution is 7.97. The third kappa shape index (κ3) is 3.61. The maximum Gasteiger partial charge on any atom is 0.124 e. The van der Waals surface area contributed by atoms with Crippen LogP contribution in [0.25, 0.3) is 11.1 Å². The van der Waals surface area contributed by atoms with E-state index in [1.165, 1.54) is 0 Å². The van der Waals surface area contributed by atoms with Gasteiger partial charge in [0.05, 0.1) is 5.02 Å². The lowest BCUT2D eigenvalue weighted by atomic mass is 10.0. The number of benzene rings is 2. The molecule has 0 saturated carbocycles. The molecule has 0 heterocycles. The van der Waals surface area contributed by atoms with Crippen LogP contribution in [0, 0.1) is 0 Å². The molecule has 106 valence electrons. The van der Waals surface area contributed by atoms with Crippen LogP contribution in [0.5, 0.6) is 5.75 Å². The molecule has 0 fully saturated rings. The van der Waals surface area contributed by atoms with Gasteiger partial charge in [0.15, 0.2) is 0 Å². The summed E-state index contributed by atoms with van der Waals surface area (Å²) >= 11 is 14.0. The van der Waals surface area contributed by atoms with Crippen molar-refractivity contribution < 1.29 is 5.11 Å². The largest absolute Gasteiger partial charge is 0.507 e. The zero-order valence-corrected chi connectivity index (χ0v) is 13.3. The Hall–Kier alpha value is -0.870. The fourth-order valence-corrected chi connectivity index (χ4v) is 3.17. The molecule has 0 bridgehead atoms. The second-order valence-electron chi connectivity index (χ2n) is 4.27. The first-order valence-corrected chi connectivity index (χ1v) is 7.87. The highest BCUT2D eigenvalue weighted by atomic mass is 35.5. The molecule has 0 aromatic heterocycles. The third-order valence-corrected chi connectivity index (χ3v) is 4.21. The first-order valence-electron chi connectivity index (χ1n) is 6.30. The average Bonchev–Trinajstić information content (AvgIpc) is 2.41. The SMILES string of the molecule is CCCNSc1ccc(-c2c(O)cccc2Cl)c(Cl)c1. The topological polar surface area (TPSA) is 32.3 Å². The molecule has 5 heteroatoms. The minimum absolute atomic E-state index is 0.129. The summed E-state index contributed by atoms with van der Waals surface area (Å²) in [5.41, 5.74) is 1.30. The quantitative estimate of drug-likeness (QED) is 0.571. The lowest BCUT2D eigenvalue weighted by molar-refractivity contribution is 0.477. The smallest absolute Gasteiger partial charge is 0.124 e. The van der Waals surface area contributed by atoms with Gasteiger partial charge in [-0.3, -0.25) is 4.72 Å². The van der Waals surface area contributed by atoms with E-state index in [1.54, 1.807) is 30.1 Å². The number of hydrogen-bond acceptors (Lipinski definition) is 3. The molecule has 2 nitrogen and oxygen atoms in total. The van der Waals surface area contributed by atoms with Gasteiger partial charge in [0.25, 0.3) is 0 Å². The van der Waals surface area contributed by atoms with Gasteiger partial charge in [0, 0.05) is 27.6 Å². The van der Waals surface area contributed by atoms with Gasteiger partial charge in [-0.25, -0.2) is 0 Å². The van der Waals surface area contributed by atoms with Gasteiger partial charge in [0.2, 0.25) is 0 Å². The molecule has 0 aliphatic rings. The van der Waals surface area contributed by atoms with Gasteiger partial charge in [-0.05, 0) is 42.6 Å². The first kappa shape index (κ1) is 15.5. The van der Waals surface area contributed by atoms with Gasteiger partial charge in [-0.15, -0.1) is 0 Å². The Morgan fingerprint density at radius 2 is 1.95 bits per heavy atom. The van der Waals surface area contributed by atoms with E-state index < -0.39 is 0 Å². The summed E-state index contributed by atoms with van der Waals surface area (Å²) in [5, 5.41) is 11.0. The minimum atomic E-state index is 0.129. The van der Waals surface area contributed by atoms with E-state index in [2.05, 4.69) is 11.6 Å². The molecule has 2 N–H and O–H groups in total. The van der Waals surface area contributed by atoms with E-state index >= 15 is 0 Å². The first-order chi connectivity index (χ1) is 9.63. The van der Waals surface area contributed by atoms with Crippen LogP contribution < -0.4 is 4.72 Å². The molecule has 2 rings (SSSR count). The van der Waals surface area contributed by atoms with E-state index in [0.717, 1.165) is 23.4 Å². The molecule has 20 heavy (non-hydrogen) atoms. The maximum absolute atomic E-state index is 9.95. The van der Waals surface area contributed by atoms with Gasteiger partial charge >= 0.3 is 0 Å². The van der Waals surface area contributed by atoms with Crippen molar-refractivity contribution in [3.8, 4) is 16.9 Å². The molecule has 0 radical (unpaired) electrons. The van der Waals surface area contributed by atoms with E-state index in [-0.39, 0.29) is 5.75 Å². The Bertz CT molecular complexity index is 584. The number of hydrogen-bond donors (Lipinski definition) is 2. The van der Waals surface area contributed by atoms with Crippen LogP contribution in [-0.4, -0.2) is 11.7 Å². The lowest BCUT2D eigenvalue weighted by Gasteiger charge is -2.10. The molecule has 0 unspecified atom stereocenters. The van der Waals surface area contributed by atoms with Crippen LogP contribution in [0.15, 0.2) is 41.3 Å². The van der Waals surface area contributed by atoms with Gasteiger partial charge in [-0.1, -0.05) is 42.3 Å². The molecule has 0 saturated heterocycles. The fourth-order valence-electron chi connectivity index (χ4n) is 1.78. The monoisotopic (exact) mass is 327 g/mol. The summed E-state index contributed by atoms with van der Waals surface area (Å²) in [4.78, 5) is 1.03. The molecule has 0 aliphatic heterocycles. The summed E-state index contributed by atoms with van der Waals surface area (Å²) in [5.74, 6) is 0.129. The Balaban J connectivity index is 2.30. The van der Waals surface area contributed by atoms with Crippen molar-refractivity contribution in [3.05, 3.63) is 46.4 Å². The van der Waals surface area contributed by atoms with E-state index in [0.29, 0.717) is 15.6 Å². The van der Waals surface area contributed by atoms with E-state index in [9.17, 15) is 5.11 Å². The van der Waals surface area contributed by atoms with Crippen LogP contribution in [0.4, 0.5) is 0 Å². The highest BCUT2D eigenvalue weighted by Gasteiger charge is 2.12. The lowest BCUT2D eigenvalue weighted by Crippen LogP contribution is -2.03. The van der Waals surface area contributed by atoms with Crippen LogP contribution in [0.1, 0.15) is 13.3 Å². The molecular weight excluding hydrogens is 313 g/mol. The Morgan fingerprint density at radius 3 is 2.60 bits per heavy atom. The van der Waals surface area contributed by atoms with Crippen molar-refractivity contribution in [1.29, 1.82) is 0 Å². The second-order valence-corrected chi connectivity index (χ2v) is 6.05. The third-order valence-electron chi connectivity index (χ3n) is 2.74. The van der Waals surface area contributed by atoms with Crippen molar-refractivity contribution in [2.45, 2.75) is 18.2 Å². The molecule has 0 aliphatic carbocycles. The predicted molar refractivity (Wildman–Crippen MR) is 87.7 cm³/mol. The van der Waals surface area contributed by atoms with Crippen LogP contribution in [-0.2, 0) is 0 Å². The zero-order chi connectivity index (χ0) is 14.5. The van der Waals surface area contributed by atoms with Gasteiger partial charge in [-0.2, -0.15) is 0 Å². The van der Waals surface area contributed by atoms with Crippen molar-refractivity contribution in [3.63, 3.8) is 0 Å². The maximum atomic E-state index is 9.95. The summed E-state index contributed by atoms with van der Waals surface area (Å²) in [6.45, 7) is 3.05. The average molecular weight is 328 g/mol. The molecule has 0 spiro atoms. The molecule has 2 aromatic rings. The summed E-state index contributed by atoms with van der Waals surface area (Å²) in [6, 6.07) is 10.7. The van der Waals surface area contributed by atoms with Crippen LogP contribution in [0.2, 0.25) is 10.0 Å². The molecular formula is C15H15Cl2NOS. The van der Waals surface area contributed by atoms with Crippen molar-refractivity contribution in [1.82, 2.24) is 4.72 Å².